The van der Waals surface area contributed by atoms with Gasteiger partial charge < -0.3 is 11.1 Å². The van der Waals surface area contributed by atoms with Gasteiger partial charge in [0.15, 0.2) is 0 Å². The maximum absolute atomic E-state index is 11.1. The summed E-state index contributed by atoms with van der Waals surface area (Å²) in [6.07, 6.45) is 1.23. The minimum atomic E-state index is -2.96. The van der Waals surface area contributed by atoms with Gasteiger partial charge in [0.2, 0.25) is 0 Å². The molecule has 0 radical (unpaired) electrons. The summed E-state index contributed by atoms with van der Waals surface area (Å²) >= 11 is 0. The van der Waals surface area contributed by atoms with E-state index in [1.807, 2.05) is 32.0 Å². The fourth-order valence-electron chi connectivity index (χ4n) is 1.51. The third kappa shape index (κ3) is 4.10. The highest BCUT2D eigenvalue weighted by atomic mass is 32.2. The standard InChI is InChI=1S/C11H18N2O2S/c1-8-4-5-10(6-11(8)12)13-9(2)7-16(3,14)15/h4-6,9,13H,7,12H2,1-3H3. The molecule has 0 aliphatic rings. The van der Waals surface area contributed by atoms with Gasteiger partial charge in [-0.25, -0.2) is 8.42 Å². The molecular formula is C11H18N2O2S. The van der Waals surface area contributed by atoms with Crippen LogP contribution < -0.4 is 11.1 Å². The quantitative estimate of drug-likeness (QED) is 0.783. The van der Waals surface area contributed by atoms with Crippen LogP contribution >= 0.6 is 0 Å². The molecule has 0 aliphatic heterocycles. The molecular weight excluding hydrogens is 224 g/mol. The third-order valence-electron chi connectivity index (χ3n) is 2.25. The number of hydrogen-bond donors (Lipinski definition) is 2. The van der Waals surface area contributed by atoms with Gasteiger partial charge in [-0.3, -0.25) is 0 Å². The lowest BCUT2D eigenvalue weighted by Gasteiger charge is -2.15. The van der Waals surface area contributed by atoms with Crippen LogP contribution in [0.5, 0.6) is 0 Å². The minimum absolute atomic E-state index is 0.112. The van der Waals surface area contributed by atoms with Crippen molar-refractivity contribution < 1.29 is 8.42 Å². The molecule has 1 unspecified atom stereocenters. The first-order valence-corrected chi connectivity index (χ1v) is 7.14. The number of rotatable bonds is 4. The fourth-order valence-corrected chi connectivity index (χ4v) is 2.50. The Morgan fingerprint density at radius 3 is 2.56 bits per heavy atom. The highest BCUT2D eigenvalue weighted by Crippen LogP contribution is 2.17. The highest BCUT2D eigenvalue weighted by molar-refractivity contribution is 7.90. The largest absolute Gasteiger partial charge is 0.398 e. The first kappa shape index (κ1) is 12.8. The van der Waals surface area contributed by atoms with E-state index in [-0.39, 0.29) is 11.8 Å². The zero-order valence-corrected chi connectivity index (χ0v) is 10.6. The summed E-state index contributed by atoms with van der Waals surface area (Å²) < 4.78 is 22.2. The molecule has 16 heavy (non-hydrogen) atoms. The number of nitrogen functional groups attached to an aromatic ring is 1. The average molecular weight is 242 g/mol. The highest BCUT2D eigenvalue weighted by Gasteiger charge is 2.10. The van der Waals surface area contributed by atoms with E-state index in [0.717, 1.165) is 11.3 Å². The van der Waals surface area contributed by atoms with Crippen LogP contribution in [0.1, 0.15) is 12.5 Å². The average Bonchev–Trinajstić information content (AvgIpc) is 2.08. The first-order valence-electron chi connectivity index (χ1n) is 5.08. The zero-order chi connectivity index (χ0) is 12.3. The molecule has 1 atom stereocenters. The van der Waals surface area contributed by atoms with Crippen molar-refractivity contribution in [2.24, 2.45) is 0 Å². The Balaban J connectivity index is 2.70. The number of sulfone groups is 1. The van der Waals surface area contributed by atoms with Crippen LogP contribution in [0, 0.1) is 6.92 Å². The molecule has 0 aliphatic carbocycles. The smallest absolute Gasteiger partial charge is 0.149 e. The van der Waals surface area contributed by atoms with Crippen molar-refractivity contribution in [3.8, 4) is 0 Å². The van der Waals surface area contributed by atoms with Gasteiger partial charge in [0.25, 0.3) is 0 Å². The van der Waals surface area contributed by atoms with Crippen LogP contribution in [0.2, 0.25) is 0 Å². The van der Waals surface area contributed by atoms with Crippen LogP contribution in [0.15, 0.2) is 18.2 Å². The number of aryl methyl sites for hydroxylation is 1. The molecule has 0 spiro atoms. The Kier molecular flexibility index (Phi) is 3.80. The molecule has 1 aromatic rings. The van der Waals surface area contributed by atoms with Gasteiger partial charge >= 0.3 is 0 Å². The number of hydrogen-bond acceptors (Lipinski definition) is 4. The van der Waals surface area contributed by atoms with E-state index in [1.165, 1.54) is 6.26 Å². The van der Waals surface area contributed by atoms with Gasteiger partial charge in [-0.2, -0.15) is 0 Å². The van der Waals surface area contributed by atoms with Crippen molar-refractivity contribution in [2.45, 2.75) is 19.9 Å². The molecule has 5 heteroatoms. The Labute approximate surface area is 96.8 Å². The molecule has 0 heterocycles. The Morgan fingerprint density at radius 1 is 1.44 bits per heavy atom. The molecule has 0 saturated heterocycles. The van der Waals surface area contributed by atoms with Crippen LogP contribution in [0.4, 0.5) is 11.4 Å². The summed E-state index contributed by atoms with van der Waals surface area (Å²) in [4.78, 5) is 0. The van der Waals surface area contributed by atoms with Crippen molar-refractivity contribution in [3.05, 3.63) is 23.8 Å². The monoisotopic (exact) mass is 242 g/mol. The maximum Gasteiger partial charge on any atom is 0.149 e. The molecule has 0 fully saturated rings. The molecule has 0 amide bonds. The lowest BCUT2D eigenvalue weighted by Crippen LogP contribution is -2.25. The van der Waals surface area contributed by atoms with Gasteiger partial charge in [-0.1, -0.05) is 6.07 Å². The predicted molar refractivity (Wildman–Crippen MR) is 68.4 cm³/mol. The van der Waals surface area contributed by atoms with Crippen molar-refractivity contribution in [1.82, 2.24) is 0 Å². The van der Waals surface area contributed by atoms with E-state index in [0.29, 0.717) is 5.69 Å². The van der Waals surface area contributed by atoms with E-state index in [1.54, 1.807) is 0 Å². The molecule has 0 bridgehead atoms. The molecule has 1 rings (SSSR count). The van der Waals surface area contributed by atoms with Crippen molar-refractivity contribution in [1.29, 1.82) is 0 Å². The molecule has 90 valence electrons. The fraction of sp³-hybridized carbons (Fsp3) is 0.455. The van der Waals surface area contributed by atoms with Crippen LogP contribution in [-0.2, 0) is 9.84 Å². The summed E-state index contributed by atoms with van der Waals surface area (Å²) in [7, 11) is -2.96. The van der Waals surface area contributed by atoms with Crippen molar-refractivity contribution >= 4 is 21.2 Å². The molecule has 4 nitrogen and oxygen atoms in total. The van der Waals surface area contributed by atoms with E-state index in [2.05, 4.69) is 5.32 Å². The number of anilines is 2. The second-order valence-corrected chi connectivity index (χ2v) is 6.39. The van der Waals surface area contributed by atoms with Gasteiger partial charge in [-0.05, 0) is 31.5 Å². The van der Waals surface area contributed by atoms with Crippen molar-refractivity contribution in [3.63, 3.8) is 0 Å². The number of benzene rings is 1. The van der Waals surface area contributed by atoms with Gasteiger partial charge in [-0.15, -0.1) is 0 Å². The Bertz CT molecular complexity index is 469. The SMILES string of the molecule is Cc1ccc(NC(C)CS(C)(=O)=O)cc1N. The summed E-state index contributed by atoms with van der Waals surface area (Å²) in [5.74, 6) is 0.112. The van der Waals surface area contributed by atoms with Gasteiger partial charge in [0.1, 0.15) is 9.84 Å². The third-order valence-corrected chi connectivity index (χ3v) is 3.35. The van der Waals surface area contributed by atoms with Gasteiger partial charge in [0, 0.05) is 23.7 Å². The summed E-state index contributed by atoms with van der Waals surface area (Å²) in [6, 6.07) is 5.49. The molecule has 0 saturated carbocycles. The summed E-state index contributed by atoms with van der Waals surface area (Å²) in [6.45, 7) is 3.76. The first-order chi connectivity index (χ1) is 7.28. The van der Waals surface area contributed by atoms with Crippen LogP contribution in [0.25, 0.3) is 0 Å². The Morgan fingerprint density at radius 2 is 2.06 bits per heavy atom. The molecule has 1 aromatic carbocycles. The Hall–Kier alpha value is -1.23. The van der Waals surface area contributed by atoms with Crippen LogP contribution in [0.3, 0.4) is 0 Å². The number of nitrogens with one attached hydrogen (secondary N) is 1. The van der Waals surface area contributed by atoms with Gasteiger partial charge in [0.05, 0.1) is 5.75 Å². The normalized spacial score (nSPS) is 13.4. The van der Waals surface area contributed by atoms with Crippen molar-refractivity contribution in [2.75, 3.05) is 23.1 Å². The van der Waals surface area contributed by atoms with E-state index in [4.69, 9.17) is 5.73 Å². The maximum atomic E-state index is 11.1. The minimum Gasteiger partial charge on any atom is -0.398 e. The predicted octanol–water partition coefficient (Wildman–Crippen LogP) is 1.42. The topological polar surface area (TPSA) is 72.2 Å². The number of nitrogens with two attached hydrogens (primary N) is 1. The summed E-state index contributed by atoms with van der Waals surface area (Å²) in [5.41, 5.74) is 8.33. The second-order valence-electron chi connectivity index (χ2n) is 4.21. The lowest BCUT2D eigenvalue weighted by molar-refractivity contribution is 0.598. The molecule has 0 aromatic heterocycles. The second kappa shape index (κ2) is 4.74. The summed E-state index contributed by atoms with van der Waals surface area (Å²) in [5, 5.41) is 3.11. The lowest BCUT2D eigenvalue weighted by atomic mass is 10.2. The zero-order valence-electron chi connectivity index (χ0n) is 9.82. The van der Waals surface area contributed by atoms with E-state index in [9.17, 15) is 8.42 Å². The van der Waals surface area contributed by atoms with E-state index < -0.39 is 9.84 Å². The van der Waals surface area contributed by atoms with E-state index >= 15 is 0 Å². The van der Waals surface area contributed by atoms with Crippen LogP contribution in [-0.4, -0.2) is 26.5 Å². The molecule has 3 N–H and O–H groups in total.